The molecule has 1 aromatic carbocycles. The van der Waals surface area contributed by atoms with Gasteiger partial charge in [-0.25, -0.2) is 0 Å². The van der Waals surface area contributed by atoms with Crippen LogP contribution in [-0.2, 0) is 0 Å². The van der Waals surface area contributed by atoms with Gasteiger partial charge in [0.1, 0.15) is 0 Å². The maximum Gasteiger partial charge on any atom is 0.0167 e. The van der Waals surface area contributed by atoms with E-state index in [4.69, 9.17) is 0 Å². The van der Waals surface area contributed by atoms with Crippen molar-refractivity contribution in [2.45, 2.75) is 23.8 Å². The second kappa shape index (κ2) is 5.01. The van der Waals surface area contributed by atoms with Crippen molar-refractivity contribution in [3.8, 4) is 0 Å². The number of piperazine rings is 1. The maximum atomic E-state index is 3.51. The molecule has 2 atom stereocenters. The van der Waals surface area contributed by atoms with Gasteiger partial charge in [0.25, 0.3) is 0 Å². The summed E-state index contributed by atoms with van der Waals surface area (Å²) < 4.78 is 0. The van der Waals surface area contributed by atoms with Crippen LogP contribution >= 0.6 is 11.8 Å². The first-order valence-corrected chi connectivity index (χ1v) is 7.49. The molecule has 0 bridgehead atoms. The molecule has 3 heteroatoms. The zero-order valence-electron chi connectivity index (χ0n) is 10.4. The third kappa shape index (κ3) is 2.51. The second-order valence-electron chi connectivity index (χ2n) is 5.16. The summed E-state index contributed by atoms with van der Waals surface area (Å²) >= 11 is 2.02. The molecule has 1 aromatic rings. The lowest BCUT2D eigenvalue weighted by Crippen LogP contribution is -2.50. The molecular formula is C14H20N2S. The zero-order chi connectivity index (χ0) is 11.7. The Balaban J connectivity index is 1.67. The predicted octanol–water partition coefficient (Wildman–Crippen LogP) is 2.17. The lowest BCUT2D eigenvalue weighted by atomic mass is 10.0. The summed E-state index contributed by atoms with van der Waals surface area (Å²) in [7, 11) is 0. The van der Waals surface area contributed by atoms with Crippen LogP contribution in [-0.4, -0.2) is 42.9 Å². The van der Waals surface area contributed by atoms with Gasteiger partial charge in [-0.3, -0.25) is 4.90 Å². The van der Waals surface area contributed by atoms with Gasteiger partial charge >= 0.3 is 0 Å². The molecule has 2 aliphatic heterocycles. The van der Waals surface area contributed by atoms with Crippen molar-refractivity contribution >= 4 is 11.8 Å². The minimum Gasteiger partial charge on any atom is -0.312 e. The average Bonchev–Trinajstić information content (AvgIpc) is 2.73. The van der Waals surface area contributed by atoms with Crippen molar-refractivity contribution in [3.05, 3.63) is 29.8 Å². The molecule has 0 spiro atoms. The van der Waals surface area contributed by atoms with E-state index >= 15 is 0 Å². The molecular weight excluding hydrogens is 228 g/mol. The van der Waals surface area contributed by atoms with Crippen LogP contribution in [0.3, 0.4) is 0 Å². The summed E-state index contributed by atoms with van der Waals surface area (Å²) in [5.41, 5.74) is 1.57. The van der Waals surface area contributed by atoms with E-state index in [1.54, 1.807) is 5.56 Å². The van der Waals surface area contributed by atoms with E-state index in [0.29, 0.717) is 6.04 Å². The Morgan fingerprint density at radius 2 is 2.29 bits per heavy atom. The number of nitrogens with zero attached hydrogens (tertiary/aromatic N) is 1. The van der Waals surface area contributed by atoms with E-state index < -0.39 is 0 Å². The van der Waals surface area contributed by atoms with E-state index in [0.717, 1.165) is 12.5 Å². The van der Waals surface area contributed by atoms with Gasteiger partial charge in [0.05, 0.1) is 0 Å². The Morgan fingerprint density at radius 1 is 1.41 bits per heavy atom. The lowest BCUT2D eigenvalue weighted by molar-refractivity contribution is 0.199. The molecule has 0 radical (unpaired) electrons. The fourth-order valence-corrected chi connectivity index (χ4v) is 4.11. The summed E-state index contributed by atoms with van der Waals surface area (Å²) in [6.07, 6.45) is 0. The minimum absolute atomic E-state index is 0.646. The van der Waals surface area contributed by atoms with E-state index in [-0.39, 0.29) is 0 Å². The Hall–Kier alpha value is -0.510. The van der Waals surface area contributed by atoms with Crippen LogP contribution in [0.2, 0.25) is 0 Å². The maximum absolute atomic E-state index is 3.51. The van der Waals surface area contributed by atoms with Gasteiger partial charge in [-0.15, -0.1) is 11.8 Å². The largest absolute Gasteiger partial charge is 0.312 e. The van der Waals surface area contributed by atoms with Gasteiger partial charge in [0.15, 0.2) is 0 Å². The van der Waals surface area contributed by atoms with Crippen LogP contribution < -0.4 is 5.32 Å². The molecule has 0 amide bonds. The van der Waals surface area contributed by atoms with Gasteiger partial charge in [-0.1, -0.05) is 18.2 Å². The molecule has 1 saturated heterocycles. The van der Waals surface area contributed by atoms with Crippen LogP contribution in [0.1, 0.15) is 18.4 Å². The smallest absolute Gasteiger partial charge is 0.0167 e. The number of nitrogens with one attached hydrogen (secondary N) is 1. The quantitative estimate of drug-likeness (QED) is 0.863. The topological polar surface area (TPSA) is 15.3 Å². The Morgan fingerprint density at radius 3 is 3.18 bits per heavy atom. The highest BCUT2D eigenvalue weighted by Crippen LogP contribution is 2.39. The fourth-order valence-electron chi connectivity index (χ4n) is 2.87. The zero-order valence-corrected chi connectivity index (χ0v) is 11.2. The molecule has 0 aliphatic carbocycles. The Kier molecular flexibility index (Phi) is 3.41. The van der Waals surface area contributed by atoms with E-state index in [2.05, 4.69) is 41.4 Å². The SMILES string of the molecule is C[C@H]1CN(CC2CSc3ccccc32)CCN1. The molecule has 92 valence electrons. The van der Waals surface area contributed by atoms with Crippen LogP contribution in [0.5, 0.6) is 0 Å². The molecule has 0 aromatic heterocycles. The summed E-state index contributed by atoms with van der Waals surface area (Å²) in [6.45, 7) is 7.05. The first kappa shape index (κ1) is 11.6. The molecule has 2 nitrogen and oxygen atoms in total. The van der Waals surface area contributed by atoms with Crippen molar-refractivity contribution in [2.24, 2.45) is 0 Å². The van der Waals surface area contributed by atoms with Gasteiger partial charge in [0, 0.05) is 48.8 Å². The molecule has 0 saturated carbocycles. The highest BCUT2D eigenvalue weighted by Gasteiger charge is 2.26. The molecule has 2 aliphatic rings. The Labute approximate surface area is 108 Å². The van der Waals surface area contributed by atoms with Crippen molar-refractivity contribution in [2.75, 3.05) is 31.9 Å². The second-order valence-corrected chi connectivity index (χ2v) is 6.22. The number of hydrogen-bond acceptors (Lipinski definition) is 3. The highest BCUT2D eigenvalue weighted by atomic mass is 32.2. The Bertz CT molecular complexity index is 394. The van der Waals surface area contributed by atoms with Gasteiger partial charge in [0.2, 0.25) is 0 Å². The normalized spacial score (nSPS) is 29.2. The van der Waals surface area contributed by atoms with Crippen LogP contribution in [0, 0.1) is 0 Å². The van der Waals surface area contributed by atoms with E-state index in [9.17, 15) is 0 Å². The standard InChI is InChI=1S/C14H20N2S/c1-11-8-16(7-6-15-11)9-12-10-17-14-5-3-2-4-13(12)14/h2-5,11-12,15H,6-10H2,1H3/t11-,12?/m0/s1. The molecule has 17 heavy (non-hydrogen) atoms. The minimum atomic E-state index is 0.646. The molecule has 2 heterocycles. The first-order chi connectivity index (χ1) is 8.33. The van der Waals surface area contributed by atoms with Gasteiger partial charge in [-0.2, -0.15) is 0 Å². The third-order valence-corrected chi connectivity index (χ3v) is 4.98. The van der Waals surface area contributed by atoms with Crippen LogP contribution in [0.4, 0.5) is 0 Å². The highest BCUT2D eigenvalue weighted by molar-refractivity contribution is 7.99. The summed E-state index contributed by atoms with van der Waals surface area (Å²) in [5, 5.41) is 3.51. The van der Waals surface area contributed by atoms with E-state index in [1.165, 1.54) is 30.3 Å². The first-order valence-electron chi connectivity index (χ1n) is 6.50. The number of rotatable bonds is 2. The lowest BCUT2D eigenvalue weighted by Gasteiger charge is -2.33. The van der Waals surface area contributed by atoms with Crippen molar-refractivity contribution in [1.29, 1.82) is 0 Å². The fraction of sp³-hybridized carbons (Fsp3) is 0.571. The van der Waals surface area contributed by atoms with Crippen LogP contribution in [0.15, 0.2) is 29.2 Å². The molecule has 1 N–H and O–H groups in total. The number of hydrogen-bond donors (Lipinski definition) is 1. The predicted molar refractivity (Wildman–Crippen MR) is 73.8 cm³/mol. The molecule has 3 rings (SSSR count). The monoisotopic (exact) mass is 248 g/mol. The van der Waals surface area contributed by atoms with Crippen molar-refractivity contribution in [1.82, 2.24) is 10.2 Å². The number of fused-ring (bicyclic) bond motifs is 1. The van der Waals surface area contributed by atoms with Gasteiger partial charge < -0.3 is 5.32 Å². The summed E-state index contributed by atoms with van der Waals surface area (Å²) in [4.78, 5) is 4.12. The van der Waals surface area contributed by atoms with Gasteiger partial charge in [-0.05, 0) is 18.6 Å². The molecule has 1 unspecified atom stereocenters. The summed E-state index contributed by atoms with van der Waals surface area (Å²) in [6, 6.07) is 9.55. The van der Waals surface area contributed by atoms with Crippen molar-refractivity contribution in [3.63, 3.8) is 0 Å². The average molecular weight is 248 g/mol. The third-order valence-electron chi connectivity index (χ3n) is 3.73. The number of benzene rings is 1. The van der Waals surface area contributed by atoms with Crippen molar-refractivity contribution < 1.29 is 0 Å². The van der Waals surface area contributed by atoms with E-state index in [1.807, 2.05) is 11.8 Å². The number of thioether (sulfide) groups is 1. The molecule has 1 fully saturated rings. The van der Waals surface area contributed by atoms with Crippen LogP contribution in [0.25, 0.3) is 0 Å². The summed E-state index contributed by atoms with van der Waals surface area (Å²) in [5.74, 6) is 2.00.